The molecule has 0 spiro atoms. The summed E-state index contributed by atoms with van der Waals surface area (Å²) in [5.74, 6) is 0.544. The zero-order valence-corrected chi connectivity index (χ0v) is 9.63. The van der Waals surface area contributed by atoms with Crippen molar-refractivity contribution in [2.75, 3.05) is 6.54 Å². The maximum Gasteiger partial charge on any atom is 0.315 e. The highest BCUT2D eigenvalue weighted by atomic mass is 16.2. The van der Waals surface area contributed by atoms with E-state index < -0.39 is 0 Å². The number of urea groups is 1. The van der Waals surface area contributed by atoms with Crippen LogP contribution in [0.2, 0.25) is 0 Å². The molecule has 0 fully saturated rings. The van der Waals surface area contributed by atoms with E-state index in [0.717, 1.165) is 6.42 Å². The van der Waals surface area contributed by atoms with Gasteiger partial charge in [0.2, 0.25) is 0 Å². The third-order valence-corrected chi connectivity index (χ3v) is 1.80. The molecule has 0 aromatic carbocycles. The van der Waals surface area contributed by atoms with Gasteiger partial charge < -0.3 is 16.4 Å². The molecule has 0 radical (unpaired) electrons. The fourth-order valence-electron chi connectivity index (χ4n) is 1.27. The van der Waals surface area contributed by atoms with E-state index in [2.05, 4.69) is 24.5 Å². The van der Waals surface area contributed by atoms with Crippen LogP contribution in [-0.4, -0.2) is 24.7 Å². The topological polar surface area (TPSA) is 67.1 Å². The molecule has 0 aromatic rings. The lowest BCUT2D eigenvalue weighted by Crippen LogP contribution is -2.47. The van der Waals surface area contributed by atoms with Crippen molar-refractivity contribution in [2.45, 2.75) is 46.2 Å². The van der Waals surface area contributed by atoms with Crippen LogP contribution in [0.1, 0.15) is 34.1 Å². The Kier molecular flexibility index (Phi) is 6.28. The normalized spacial score (nSPS) is 13.1. The fraction of sp³-hybridized carbons (Fsp3) is 0.900. The van der Waals surface area contributed by atoms with Crippen LogP contribution < -0.4 is 16.4 Å². The summed E-state index contributed by atoms with van der Waals surface area (Å²) in [5.41, 5.74) is 5.56. The second kappa shape index (κ2) is 6.65. The Morgan fingerprint density at radius 3 is 2.14 bits per heavy atom. The molecule has 1 atom stereocenters. The maximum atomic E-state index is 11.3. The van der Waals surface area contributed by atoms with Gasteiger partial charge in [-0.05, 0) is 26.2 Å². The first-order valence-corrected chi connectivity index (χ1v) is 5.22. The van der Waals surface area contributed by atoms with E-state index in [4.69, 9.17) is 5.73 Å². The average molecular weight is 201 g/mol. The summed E-state index contributed by atoms with van der Waals surface area (Å²) in [6.07, 6.45) is 0.919. The van der Waals surface area contributed by atoms with Crippen molar-refractivity contribution in [2.24, 2.45) is 11.7 Å². The average Bonchev–Trinajstić information content (AvgIpc) is 2.00. The predicted molar refractivity (Wildman–Crippen MR) is 59.1 cm³/mol. The number of amides is 2. The van der Waals surface area contributed by atoms with E-state index in [1.54, 1.807) is 0 Å². The number of hydrogen-bond donors (Lipinski definition) is 3. The molecular weight excluding hydrogens is 178 g/mol. The summed E-state index contributed by atoms with van der Waals surface area (Å²) >= 11 is 0. The van der Waals surface area contributed by atoms with Crippen molar-refractivity contribution >= 4 is 6.03 Å². The van der Waals surface area contributed by atoms with Crippen molar-refractivity contribution < 1.29 is 4.79 Å². The van der Waals surface area contributed by atoms with Gasteiger partial charge in [0.05, 0.1) is 0 Å². The Bertz CT molecular complexity index is 169. The van der Waals surface area contributed by atoms with Gasteiger partial charge >= 0.3 is 6.03 Å². The van der Waals surface area contributed by atoms with E-state index in [1.807, 2.05) is 13.8 Å². The van der Waals surface area contributed by atoms with Crippen molar-refractivity contribution in [1.29, 1.82) is 0 Å². The van der Waals surface area contributed by atoms with Crippen LogP contribution in [0, 0.1) is 5.92 Å². The molecule has 0 saturated heterocycles. The van der Waals surface area contributed by atoms with Crippen LogP contribution in [0.5, 0.6) is 0 Å². The molecule has 84 valence electrons. The van der Waals surface area contributed by atoms with Gasteiger partial charge in [-0.3, -0.25) is 0 Å². The van der Waals surface area contributed by atoms with E-state index in [0.29, 0.717) is 12.5 Å². The maximum absolute atomic E-state index is 11.3. The SMILES string of the molecule is CC(C)CC(CN)NC(=O)NC(C)C. The van der Waals surface area contributed by atoms with E-state index >= 15 is 0 Å². The molecule has 2 amide bonds. The number of carbonyl (C=O) groups excluding carboxylic acids is 1. The molecule has 0 rings (SSSR count). The van der Waals surface area contributed by atoms with Crippen LogP contribution in [0.3, 0.4) is 0 Å². The Labute approximate surface area is 86.6 Å². The molecule has 0 saturated carbocycles. The Morgan fingerprint density at radius 2 is 1.79 bits per heavy atom. The summed E-state index contributed by atoms with van der Waals surface area (Å²) in [5, 5.41) is 5.63. The first kappa shape index (κ1) is 13.2. The molecule has 1 unspecified atom stereocenters. The van der Waals surface area contributed by atoms with Gasteiger partial charge in [-0.2, -0.15) is 0 Å². The van der Waals surface area contributed by atoms with Crippen molar-refractivity contribution in [3.63, 3.8) is 0 Å². The largest absolute Gasteiger partial charge is 0.336 e. The fourth-order valence-corrected chi connectivity index (χ4v) is 1.27. The predicted octanol–water partition coefficient (Wildman–Crippen LogP) is 1.07. The van der Waals surface area contributed by atoms with Crippen LogP contribution >= 0.6 is 0 Å². The Morgan fingerprint density at radius 1 is 1.21 bits per heavy atom. The van der Waals surface area contributed by atoms with Crippen molar-refractivity contribution in [3.05, 3.63) is 0 Å². The highest BCUT2D eigenvalue weighted by Crippen LogP contribution is 2.03. The van der Waals surface area contributed by atoms with Crippen LogP contribution in [0.15, 0.2) is 0 Å². The molecule has 0 aliphatic heterocycles. The smallest absolute Gasteiger partial charge is 0.315 e. The highest BCUT2D eigenvalue weighted by Gasteiger charge is 2.12. The summed E-state index contributed by atoms with van der Waals surface area (Å²) in [6, 6.07) is 0.109. The lowest BCUT2D eigenvalue weighted by atomic mass is 10.0. The molecule has 0 bridgehead atoms. The standard InChI is InChI=1S/C10H23N3O/c1-7(2)5-9(6-11)13-10(14)12-8(3)4/h7-9H,5-6,11H2,1-4H3,(H2,12,13,14). The Balaban J connectivity index is 3.86. The second-order valence-electron chi connectivity index (χ2n) is 4.33. The van der Waals surface area contributed by atoms with Crippen LogP contribution in [-0.2, 0) is 0 Å². The zero-order valence-electron chi connectivity index (χ0n) is 9.63. The quantitative estimate of drug-likeness (QED) is 0.623. The second-order valence-corrected chi connectivity index (χ2v) is 4.33. The number of nitrogens with one attached hydrogen (secondary N) is 2. The van der Waals surface area contributed by atoms with Gasteiger partial charge in [0.25, 0.3) is 0 Å². The molecule has 4 heteroatoms. The van der Waals surface area contributed by atoms with Gasteiger partial charge in [-0.1, -0.05) is 13.8 Å². The summed E-state index contributed by atoms with van der Waals surface area (Å²) in [7, 11) is 0. The number of hydrogen-bond acceptors (Lipinski definition) is 2. The van der Waals surface area contributed by atoms with Crippen LogP contribution in [0.25, 0.3) is 0 Å². The summed E-state index contributed by atoms with van der Waals surface area (Å²) < 4.78 is 0. The summed E-state index contributed by atoms with van der Waals surface area (Å²) in [4.78, 5) is 11.3. The van der Waals surface area contributed by atoms with E-state index in [-0.39, 0.29) is 18.1 Å². The van der Waals surface area contributed by atoms with Crippen molar-refractivity contribution in [1.82, 2.24) is 10.6 Å². The third-order valence-electron chi connectivity index (χ3n) is 1.80. The van der Waals surface area contributed by atoms with E-state index in [1.165, 1.54) is 0 Å². The lowest BCUT2D eigenvalue weighted by molar-refractivity contribution is 0.233. The molecule has 4 N–H and O–H groups in total. The van der Waals surface area contributed by atoms with Gasteiger partial charge in [0.15, 0.2) is 0 Å². The number of nitrogens with two attached hydrogens (primary N) is 1. The third kappa shape index (κ3) is 6.71. The van der Waals surface area contributed by atoms with Gasteiger partial charge in [-0.25, -0.2) is 4.79 Å². The zero-order chi connectivity index (χ0) is 11.1. The van der Waals surface area contributed by atoms with Gasteiger partial charge in [-0.15, -0.1) is 0 Å². The summed E-state index contributed by atoms with van der Waals surface area (Å²) in [6.45, 7) is 8.58. The number of carbonyl (C=O) groups is 1. The van der Waals surface area contributed by atoms with Gasteiger partial charge in [0.1, 0.15) is 0 Å². The number of rotatable bonds is 5. The minimum Gasteiger partial charge on any atom is -0.336 e. The van der Waals surface area contributed by atoms with E-state index in [9.17, 15) is 4.79 Å². The Hall–Kier alpha value is -0.770. The molecule has 14 heavy (non-hydrogen) atoms. The molecule has 0 aromatic heterocycles. The molecule has 0 aliphatic carbocycles. The molecule has 0 aliphatic rings. The monoisotopic (exact) mass is 201 g/mol. The first-order chi connectivity index (χ1) is 6.45. The first-order valence-electron chi connectivity index (χ1n) is 5.22. The highest BCUT2D eigenvalue weighted by molar-refractivity contribution is 5.74. The minimum absolute atomic E-state index is 0.0775. The molecular formula is C10H23N3O. The van der Waals surface area contributed by atoms with Crippen LogP contribution in [0.4, 0.5) is 4.79 Å². The lowest BCUT2D eigenvalue weighted by Gasteiger charge is -2.20. The molecule has 0 heterocycles. The minimum atomic E-state index is -0.129. The molecule has 4 nitrogen and oxygen atoms in total. The van der Waals surface area contributed by atoms with Crippen molar-refractivity contribution in [3.8, 4) is 0 Å². The van der Waals surface area contributed by atoms with Gasteiger partial charge in [0, 0.05) is 18.6 Å².